The molecule has 126 valence electrons. The summed E-state index contributed by atoms with van der Waals surface area (Å²) in [6.07, 6.45) is 0.878. The molecular formula is C16H26N6O. The van der Waals surface area contributed by atoms with Crippen LogP contribution < -0.4 is 15.8 Å². The molecule has 3 N–H and O–H groups in total. The first-order chi connectivity index (χ1) is 11.1. The van der Waals surface area contributed by atoms with Crippen molar-refractivity contribution < 1.29 is 4.74 Å². The van der Waals surface area contributed by atoms with E-state index in [0.29, 0.717) is 19.0 Å². The number of nitrogens with two attached hydrogens (primary N) is 1. The predicted octanol–water partition coefficient (Wildman–Crippen LogP) is 1.22. The first kappa shape index (κ1) is 17.2. The molecule has 0 saturated heterocycles. The summed E-state index contributed by atoms with van der Waals surface area (Å²) in [6.45, 7) is 2.68. The Morgan fingerprint density at radius 1 is 1.35 bits per heavy atom. The summed E-state index contributed by atoms with van der Waals surface area (Å²) in [5.74, 6) is 2.29. The van der Waals surface area contributed by atoms with E-state index in [1.807, 2.05) is 19.2 Å². The van der Waals surface area contributed by atoms with Crippen molar-refractivity contribution in [1.82, 2.24) is 19.7 Å². The average molecular weight is 318 g/mol. The molecule has 0 radical (unpaired) electrons. The molecule has 1 aromatic carbocycles. The molecule has 7 heteroatoms. The van der Waals surface area contributed by atoms with Crippen molar-refractivity contribution in [3.63, 3.8) is 0 Å². The van der Waals surface area contributed by atoms with Crippen molar-refractivity contribution >= 4 is 5.95 Å². The lowest BCUT2D eigenvalue weighted by atomic mass is 10.2. The standard InChI is InChI=1S/C16H26N6O/c1-21(2)12-13-6-4-7-14(10-13)23-9-5-8-18-16-19-15(11-17)20-22(16)3/h4,6-7,10H,5,8-9,11-12,17H2,1-3H3,(H,18,19,20). The van der Waals surface area contributed by atoms with Gasteiger partial charge in [-0.25, -0.2) is 4.68 Å². The average Bonchev–Trinajstić information content (AvgIpc) is 2.87. The molecule has 2 rings (SSSR count). The number of aryl methyl sites for hydroxylation is 1. The minimum Gasteiger partial charge on any atom is -0.494 e. The third-order valence-electron chi connectivity index (χ3n) is 3.26. The molecule has 0 fully saturated rings. The molecule has 23 heavy (non-hydrogen) atoms. The van der Waals surface area contributed by atoms with E-state index in [-0.39, 0.29) is 0 Å². The monoisotopic (exact) mass is 318 g/mol. The second-order valence-corrected chi connectivity index (χ2v) is 5.69. The van der Waals surface area contributed by atoms with Crippen LogP contribution in [0.3, 0.4) is 0 Å². The maximum Gasteiger partial charge on any atom is 0.221 e. The molecule has 0 amide bonds. The molecule has 0 spiro atoms. The summed E-state index contributed by atoms with van der Waals surface area (Å²) >= 11 is 0. The normalized spacial score (nSPS) is 11.0. The number of rotatable bonds is 9. The van der Waals surface area contributed by atoms with Gasteiger partial charge in [0.1, 0.15) is 5.75 Å². The van der Waals surface area contributed by atoms with Crippen LogP contribution in [0, 0.1) is 0 Å². The third kappa shape index (κ3) is 5.54. The van der Waals surface area contributed by atoms with Crippen LogP contribution in [0.4, 0.5) is 5.95 Å². The number of nitrogens with one attached hydrogen (secondary N) is 1. The number of benzene rings is 1. The maximum absolute atomic E-state index is 5.80. The van der Waals surface area contributed by atoms with E-state index < -0.39 is 0 Å². The van der Waals surface area contributed by atoms with Crippen LogP contribution in [0.5, 0.6) is 5.75 Å². The van der Waals surface area contributed by atoms with Gasteiger partial charge in [0, 0.05) is 20.1 Å². The Bertz CT molecular complexity index is 610. The molecule has 7 nitrogen and oxygen atoms in total. The highest BCUT2D eigenvalue weighted by molar-refractivity contribution is 5.28. The fourth-order valence-electron chi connectivity index (χ4n) is 2.24. The first-order valence-corrected chi connectivity index (χ1v) is 7.79. The lowest BCUT2D eigenvalue weighted by molar-refractivity contribution is 0.313. The zero-order valence-electron chi connectivity index (χ0n) is 14.1. The lowest BCUT2D eigenvalue weighted by Gasteiger charge is -2.12. The van der Waals surface area contributed by atoms with Crippen molar-refractivity contribution in [2.75, 3.05) is 32.6 Å². The summed E-state index contributed by atoms with van der Waals surface area (Å²) in [5.41, 5.74) is 6.78. The van der Waals surface area contributed by atoms with Crippen molar-refractivity contribution in [3.8, 4) is 5.75 Å². The SMILES string of the molecule is CN(C)Cc1cccc(OCCCNc2nc(CN)nn2C)c1. The van der Waals surface area contributed by atoms with Crippen molar-refractivity contribution in [3.05, 3.63) is 35.7 Å². The molecule has 0 aliphatic rings. The molecular weight excluding hydrogens is 292 g/mol. The second kappa shape index (κ2) is 8.50. The van der Waals surface area contributed by atoms with E-state index in [2.05, 4.69) is 46.5 Å². The summed E-state index contributed by atoms with van der Waals surface area (Å²) in [4.78, 5) is 6.43. The Morgan fingerprint density at radius 3 is 2.87 bits per heavy atom. The van der Waals surface area contributed by atoms with Gasteiger partial charge in [-0.15, -0.1) is 0 Å². The molecule has 0 atom stereocenters. The van der Waals surface area contributed by atoms with Crippen LogP contribution in [0.2, 0.25) is 0 Å². The number of aromatic nitrogens is 3. The van der Waals surface area contributed by atoms with Gasteiger partial charge in [-0.3, -0.25) is 0 Å². The highest BCUT2D eigenvalue weighted by Crippen LogP contribution is 2.14. The Balaban J connectivity index is 1.72. The lowest BCUT2D eigenvalue weighted by Crippen LogP contribution is -2.11. The molecule has 0 aliphatic carbocycles. The van der Waals surface area contributed by atoms with E-state index in [1.54, 1.807) is 4.68 Å². The van der Waals surface area contributed by atoms with Gasteiger partial charge in [-0.2, -0.15) is 10.1 Å². The van der Waals surface area contributed by atoms with Gasteiger partial charge >= 0.3 is 0 Å². The second-order valence-electron chi connectivity index (χ2n) is 5.69. The Hall–Kier alpha value is -2.12. The highest BCUT2D eigenvalue weighted by Gasteiger charge is 2.04. The van der Waals surface area contributed by atoms with E-state index in [9.17, 15) is 0 Å². The summed E-state index contributed by atoms with van der Waals surface area (Å²) < 4.78 is 7.50. The van der Waals surface area contributed by atoms with Gasteiger partial charge < -0.3 is 20.7 Å². The number of hydrogen-bond donors (Lipinski definition) is 2. The predicted molar refractivity (Wildman–Crippen MR) is 91.3 cm³/mol. The quantitative estimate of drug-likeness (QED) is 0.677. The van der Waals surface area contributed by atoms with Gasteiger partial charge in [0.2, 0.25) is 5.95 Å². The minimum atomic E-state index is 0.349. The number of anilines is 1. The van der Waals surface area contributed by atoms with Crippen LogP contribution in [0.1, 0.15) is 17.8 Å². The van der Waals surface area contributed by atoms with E-state index in [4.69, 9.17) is 10.5 Å². The van der Waals surface area contributed by atoms with Crippen molar-refractivity contribution in [2.24, 2.45) is 12.8 Å². The highest BCUT2D eigenvalue weighted by atomic mass is 16.5. The molecule has 0 saturated carbocycles. The van der Waals surface area contributed by atoms with E-state index >= 15 is 0 Å². The number of nitrogens with zero attached hydrogens (tertiary/aromatic N) is 4. The van der Waals surface area contributed by atoms with Crippen LogP contribution in [0.25, 0.3) is 0 Å². The third-order valence-corrected chi connectivity index (χ3v) is 3.26. The molecule has 0 aliphatic heterocycles. The van der Waals surface area contributed by atoms with E-state index in [1.165, 1.54) is 5.56 Å². The summed E-state index contributed by atoms with van der Waals surface area (Å²) in [7, 11) is 5.96. The smallest absolute Gasteiger partial charge is 0.221 e. The summed E-state index contributed by atoms with van der Waals surface area (Å²) in [5, 5.41) is 7.43. The van der Waals surface area contributed by atoms with Crippen LogP contribution in [-0.4, -0.2) is 46.9 Å². The van der Waals surface area contributed by atoms with Gasteiger partial charge in [-0.1, -0.05) is 12.1 Å². The summed E-state index contributed by atoms with van der Waals surface area (Å²) in [6, 6.07) is 8.21. The largest absolute Gasteiger partial charge is 0.494 e. The van der Waals surface area contributed by atoms with Crippen molar-refractivity contribution in [1.29, 1.82) is 0 Å². The molecule has 2 aromatic rings. The van der Waals surface area contributed by atoms with Gasteiger partial charge in [0.25, 0.3) is 0 Å². The molecule has 1 heterocycles. The fraction of sp³-hybridized carbons (Fsp3) is 0.500. The van der Waals surface area contributed by atoms with Crippen LogP contribution >= 0.6 is 0 Å². The zero-order valence-corrected chi connectivity index (χ0v) is 14.1. The number of ether oxygens (including phenoxy) is 1. The first-order valence-electron chi connectivity index (χ1n) is 7.79. The Labute approximate surface area is 137 Å². The van der Waals surface area contributed by atoms with Crippen LogP contribution in [0.15, 0.2) is 24.3 Å². The van der Waals surface area contributed by atoms with Gasteiger partial charge in [0.05, 0.1) is 13.2 Å². The molecule has 0 bridgehead atoms. The van der Waals surface area contributed by atoms with Crippen molar-refractivity contribution in [2.45, 2.75) is 19.5 Å². The van der Waals surface area contributed by atoms with Gasteiger partial charge in [-0.05, 0) is 38.2 Å². The minimum absolute atomic E-state index is 0.349. The topological polar surface area (TPSA) is 81.2 Å². The maximum atomic E-state index is 5.80. The molecule has 1 aromatic heterocycles. The zero-order chi connectivity index (χ0) is 16.7. The Morgan fingerprint density at radius 2 is 2.17 bits per heavy atom. The molecule has 0 unspecified atom stereocenters. The van der Waals surface area contributed by atoms with E-state index in [0.717, 1.165) is 31.2 Å². The number of hydrogen-bond acceptors (Lipinski definition) is 6. The van der Waals surface area contributed by atoms with Gasteiger partial charge in [0.15, 0.2) is 5.82 Å². The fourth-order valence-corrected chi connectivity index (χ4v) is 2.24. The Kier molecular flexibility index (Phi) is 6.37. The van der Waals surface area contributed by atoms with Crippen LogP contribution in [-0.2, 0) is 20.1 Å².